The fourth-order valence-electron chi connectivity index (χ4n) is 0.531. The second kappa shape index (κ2) is 6.91. The maximum Gasteiger partial charge on any atom is 0.126 e. The lowest BCUT2D eigenvalue weighted by molar-refractivity contribution is 0.299. The number of aliphatic hydroxyl groups is 1. The van der Waals surface area contributed by atoms with Crippen molar-refractivity contribution in [1.29, 1.82) is 0 Å². The number of ether oxygens (including phenoxy) is 1. The summed E-state index contributed by atoms with van der Waals surface area (Å²) in [7, 11) is 1.55. The van der Waals surface area contributed by atoms with Gasteiger partial charge in [0.2, 0.25) is 0 Å². The molecule has 0 amide bonds. The van der Waals surface area contributed by atoms with Crippen molar-refractivity contribution in [2.24, 2.45) is 0 Å². The van der Waals surface area contributed by atoms with Gasteiger partial charge >= 0.3 is 0 Å². The summed E-state index contributed by atoms with van der Waals surface area (Å²) in [6.45, 7) is 0.142. The molecule has 0 unspecified atom stereocenters. The van der Waals surface area contributed by atoms with Crippen LogP contribution >= 0.6 is 0 Å². The van der Waals surface area contributed by atoms with E-state index in [1.54, 1.807) is 19.3 Å². The van der Waals surface area contributed by atoms with E-state index in [0.29, 0.717) is 12.2 Å². The number of rotatable bonds is 4. The summed E-state index contributed by atoms with van der Waals surface area (Å²) in [5.41, 5.74) is 0. The molecule has 60 valence electrons. The maximum atomic E-state index is 8.43. The van der Waals surface area contributed by atoms with E-state index in [2.05, 4.69) is 5.92 Å². The Hall–Kier alpha value is -1.20. The van der Waals surface area contributed by atoms with Crippen LogP contribution in [0, 0.1) is 12.3 Å². The Balaban J connectivity index is 3.89. The van der Waals surface area contributed by atoms with Gasteiger partial charge in [0.25, 0.3) is 0 Å². The highest BCUT2D eigenvalue weighted by Crippen LogP contribution is 1.97. The van der Waals surface area contributed by atoms with Crippen molar-refractivity contribution in [2.45, 2.75) is 6.42 Å². The lowest BCUT2D eigenvalue weighted by Gasteiger charge is -1.95. The third kappa shape index (κ3) is 5.25. The van der Waals surface area contributed by atoms with Gasteiger partial charge in [0, 0.05) is 12.7 Å². The number of allylic oxidation sites excluding steroid dienone is 2. The minimum Gasteiger partial charge on any atom is -0.496 e. The van der Waals surface area contributed by atoms with Gasteiger partial charge in [0.15, 0.2) is 0 Å². The minimum absolute atomic E-state index is 0.142. The molecule has 0 aromatic rings. The molecule has 0 fully saturated rings. The molecule has 0 aliphatic heterocycles. The SMILES string of the molecule is C#C/C=C(\C=C/CCO)OC. The largest absolute Gasteiger partial charge is 0.496 e. The first-order valence-corrected chi connectivity index (χ1v) is 3.32. The van der Waals surface area contributed by atoms with Gasteiger partial charge in [0.05, 0.1) is 7.11 Å². The second-order valence-corrected chi connectivity index (χ2v) is 1.83. The second-order valence-electron chi connectivity index (χ2n) is 1.83. The van der Waals surface area contributed by atoms with Gasteiger partial charge in [-0.25, -0.2) is 0 Å². The summed E-state index contributed by atoms with van der Waals surface area (Å²) in [4.78, 5) is 0. The topological polar surface area (TPSA) is 29.5 Å². The van der Waals surface area contributed by atoms with Crippen LogP contribution in [-0.2, 0) is 4.74 Å². The number of hydrogen-bond acceptors (Lipinski definition) is 2. The summed E-state index contributed by atoms with van der Waals surface area (Å²) in [5, 5.41) is 8.43. The molecule has 2 nitrogen and oxygen atoms in total. The van der Waals surface area contributed by atoms with Crippen LogP contribution in [-0.4, -0.2) is 18.8 Å². The molecule has 2 heteroatoms. The summed E-state index contributed by atoms with van der Waals surface area (Å²) >= 11 is 0. The average molecular weight is 152 g/mol. The highest BCUT2D eigenvalue weighted by molar-refractivity contribution is 5.21. The molecule has 1 N–H and O–H groups in total. The highest BCUT2D eigenvalue weighted by atomic mass is 16.5. The molecule has 0 saturated heterocycles. The van der Waals surface area contributed by atoms with E-state index in [-0.39, 0.29) is 6.61 Å². The Bertz CT molecular complexity index is 184. The predicted octanol–water partition coefficient (Wildman–Crippen LogP) is 1.09. The third-order valence-corrected chi connectivity index (χ3v) is 1.04. The molecule has 0 rings (SSSR count). The normalized spacial score (nSPS) is 11.5. The fourth-order valence-corrected chi connectivity index (χ4v) is 0.531. The maximum absolute atomic E-state index is 8.43. The third-order valence-electron chi connectivity index (χ3n) is 1.04. The Kier molecular flexibility index (Phi) is 6.16. The molecule has 0 aromatic heterocycles. The first-order valence-electron chi connectivity index (χ1n) is 3.32. The molecule has 0 aliphatic rings. The monoisotopic (exact) mass is 152 g/mol. The van der Waals surface area contributed by atoms with Gasteiger partial charge < -0.3 is 9.84 Å². The fraction of sp³-hybridized carbons (Fsp3) is 0.333. The standard InChI is InChI=1S/C9H12O2/c1-3-6-9(11-2)7-4-5-8-10/h1,4,6-7,10H,5,8H2,2H3/b7-4-,9-6+. The van der Waals surface area contributed by atoms with E-state index < -0.39 is 0 Å². The Labute approximate surface area is 67.2 Å². The van der Waals surface area contributed by atoms with Gasteiger partial charge in [-0.3, -0.25) is 0 Å². The van der Waals surface area contributed by atoms with Crippen molar-refractivity contribution >= 4 is 0 Å². The first-order chi connectivity index (χ1) is 5.35. The van der Waals surface area contributed by atoms with E-state index >= 15 is 0 Å². The lowest BCUT2D eigenvalue weighted by atomic mass is 10.3. The van der Waals surface area contributed by atoms with Gasteiger partial charge in [-0.05, 0) is 12.5 Å². The van der Waals surface area contributed by atoms with E-state index in [1.165, 1.54) is 6.08 Å². The van der Waals surface area contributed by atoms with Gasteiger partial charge in [-0.1, -0.05) is 12.0 Å². The zero-order valence-electron chi connectivity index (χ0n) is 6.58. The zero-order chi connectivity index (χ0) is 8.53. The minimum atomic E-state index is 0.142. The Morgan fingerprint density at radius 3 is 2.91 bits per heavy atom. The van der Waals surface area contributed by atoms with E-state index in [9.17, 15) is 0 Å². The summed E-state index contributed by atoms with van der Waals surface area (Å²) in [6.07, 6.45) is 10.7. The lowest BCUT2D eigenvalue weighted by Crippen LogP contribution is -1.81. The molecular weight excluding hydrogens is 140 g/mol. The number of terminal acetylenes is 1. The molecule has 0 bridgehead atoms. The van der Waals surface area contributed by atoms with Crippen LogP contribution in [0.3, 0.4) is 0 Å². The average Bonchev–Trinajstić information content (AvgIpc) is 2.03. The quantitative estimate of drug-likeness (QED) is 0.371. The van der Waals surface area contributed by atoms with Crippen LogP contribution in [0.15, 0.2) is 24.0 Å². The summed E-state index contributed by atoms with van der Waals surface area (Å²) < 4.78 is 4.89. The van der Waals surface area contributed by atoms with Crippen molar-refractivity contribution in [2.75, 3.05) is 13.7 Å². The number of aliphatic hydroxyl groups excluding tert-OH is 1. The van der Waals surface area contributed by atoms with Crippen LogP contribution in [0.1, 0.15) is 6.42 Å². The molecule has 0 aromatic carbocycles. The van der Waals surface area contributed by atoms with Gasteiger partial charge in [-0.2, -0.15) is 0 Å². The molecule has 0 atom stereocenters. The van der Waals surface area contributed by atoms with E-state index in [0.717, 1.165) is 0 Å². The van der Waals surface area contributed by atoms with Crippen LogP contribution in [0.2, 0.25) is 0 Å². The molecule has 0 saturated carbocycles. The van der Waals surface area contributed by atoms with Crippen molar-refractivity contribution in [3.63, 3.8) is 0 Å². The molecule has 11 heavy (non-hydrogen) atoms. The Morgan fingerprint density at radius 2 is 2.45 bits per heavy atom. The molecule has 0 heterocycles. The van der Waals surface area contributed by atoms with Crippen molar-refractivity contribution in [1.82, 2.24) is 0 Å². The molecular formula is C9H12O2. The molecule has 0 aliphatic carbocycles. The van der Waals surface area contributed by atoms with Crippen molar-refractivity contribution < 1.29 is 9.84 Å². The van der Waals surface area contributed by atoms with Crippen molar-refractivity contribution in [3.8, 4) is 12.3 Å². The van der Waals surface area contributed by atoms with Gasteiger partial charge in [0.1, 0.15) is 5.76 Å². The first kappa shape index (κ1) is 9.80. The Morgan fingerprint density at radius 1 is 1.73 bits per heavy atom. The van der Waals surface area contributed by atoms with E-state index in [1.807, 2.05) is 0 Å². The summed E-state index contributed by atoms with van der Waals surface area (Å²) in [6, 6.07) is 0. The zero-order valence-corrected chi connectivity index (χ0v) is 6.58. The van der Waals surface area contributed by atoms with Gasteiger partial charge in [-0.15, -0.1) is 6.42 Å². The smallest absolute Gasteiger partial charge is 0.126 e. The van der Waals surface area contributed by atoms with Crippen molar-refractivity contribution in [3.05, 3.63) is 24.0 Å². The number of methoxy groups -OCH3 is 1. The predicted molar refractivity (Wildman–Crippen MR) is 44.8 cm³/mol. The van der Waals surface area contributed by atoms with E-state index in [4.69, 9.17) is 16.3 Å². The molecule has 0 radical (unpaired) electrons. The van der Waals surface area contributed by atoms with Crippen LogP contribution in [0.5, 0.6) is 0 Å². The van der Waals surface area contributed by atoms with Crippen LogP contribution in [0.4, 0.5) is 0 Å². The number of hydrogen-bond donors (Lipinski definition) is 1. The highest BCUT2D eigenvalue weighted by Gasteiger charge is 1.84. The van der Waals surface area contributed by atoms with Crippen LogP contribution in [0.25, 0.3) is 0 Å². The summed E-state index contributed by atoms with van der Waals surface area (Å²) in [5.74, 6) is 2.97. The molecule has 0 spiro atoms. The van der Waals surface area contributed by atoms with Crippen LogP contribution < -0.4 is 0 Å².